The lowest BCUT2D eigenvalue weighted by Gasteiger charge is -2.55. The van der Waals surface area contributed by atoms with Gasteiger partial charge in [-0.15, -0.1) is 5.06 Å². The minimum Gasteiger partial charge on any atom is -0.480 e. The van der Waals surface area contributed by atoms with E-state index in [4.69, 9.17) is 5.73 Å². The number of pyridine rings is 1. The molecule has 2 aliphatic rings. The number of alkyl halides is 3. The number of nitrogens with zero attached hydrogens (tertiary/aromatic N) is 3. The first kappa shape index (κ1) is 30.2. The third-order valence-electron chi connectivity index (χ3n) is 7.69. The van der Waals surface area contributed by atoms with Crippen molar-refractivity contribution in [2.45, 2.75) is 69.8 Å². The van der Waals surface area contributed by atoms with E-state index in [0.717, 1.165) is 29.2 Å². The molecular weight excluding hydrogens is 547 g/mol. The topological polar surface area (TPSA) is 155 Å². The lowest BCUT2D eigenvalue weighted by Crippen LogP contribution is -2.72. The number of fused-ring (bicyclic) bond motifs is 1. The van der Waals surface area contributed by atoms with Crippen molar-refractivity contribution in [3.8, 4) is 0 Å². The SMILES string of the molecule is C[C@H](N)C(=O)Nc1nccc2cc(CN(CC(=O)O)C(=O)C3(C4CCCCC4)CCN3OC(=O)C(F)(F)F)ccc12. The predicted octanol–water partition coefficient (Wildman–Crippen LogP) is 2.98. The molecule has 2 heterocycles. The van der Waals surface area contributed by atoms with Gasteiger partial charge in [0.1, 0.15) is 17.9 Å². The quantitative estimate of drug-likeness (QED) is 0.407. The van der Waals surface area contributed by atoms with Crippen molar-refractivity contribution in [2.24, 2.45) is 11.7 Å². The molecule has 41 heavy (non-hydrogen) atoms. The summed E-state index contributed by atoms with van der Waals surface area (Å²) < 4.78 is 39.1. The van der Waals surface area contributed by atoms with Crippen LogP contribution in [0, 0.1) is 5.92 Å². The van der Waals surface area contributed by atoms with Crippen LogP contribution in [0.4, 0.5) is 19.0 Å². The molecule has 0 spiro atoms. The van der Waals surface area contributed by atoms with Gasteiger partial charge in [-0.1, -0.05) is 31.4 Å². The Morgan fingerprint density at radius 1 is 1.22 bits per heavy atom. The van der Waals surface area contributed by atoms with E-state index in [9.17, 15) is 37.5 Å². The zero-order valence-electron chi connectivity index (χ0n) is 22.4. The third kappa shape index (κ3) is 6.43. The number of hydrogen-bond acceptors (Lipinski definition) is 8. The minimum absolute atomic E-state index is 0.0795. The van der Waals surface area contributed by atoms with Crippen LogP contribution >= 0.6 is 0 Å². The first-order chi connectivity index (χ1) is 19.3. The molecule has 1 aliphatic carbocycles. The molecule has 2 aromatic rings. The number of carboxylic acid groups (broad SMARTS) is 1. The predicted molar refractivity (Wildman–Crippen MR) is 140 cm³/mol. The fourth-order valence-electron chi connectivity index (χ4n) is 5.61. The summed E-state index contributed by atoms with van der Waals surface area (Å²) in [6, 6.07) is 5.92. The highest BCUT2D eigenvalue weighted by Gasteiger charge is 2.61. The van der Waals surface area contributed by atoms with Gasteiger partial charge in [-0.05, 0) is 55.2 Å². The van der Waals surface area contributed by atoms with E-state index in [1.54, 1.807) is 24.3 Å². The van der Waals surface area contributed by atoms with E-state index in [1.807, 2.05) is 0 Å². The second-order valence-corrected chi connectivity index (χ2v) is 10.5. The number of carbonyl (C=O) groups is 4. The van der Waals surface area contributed by atoms with E-state index in [0.29, 0.717) is 29.2 Å². The van der Waals surface area contributed by atoms with E-state index < -0.39 is 54.0 Å². The van der Waals surface area contributed by atoms with Crippen LogP contribution in [0.1, 0.15) is 51.0 Å². The van der Waals surface area contributed by atoms with Crippen molar-refractivity contribution in [3.63, 3.8) is 0 Å². The van der Waals surface area contributed by atoms with Crippen LogP contribution in [0.3, 0.4) is 0 Å². The number of carbonyl (C=O) groups excluding carboxylic acids is 3. The monoisotopic (exact) mass is 579 g/mol. The van der Waals surface area contributed by atoms with Crippen molar-refractivity contribution in [1.82, 2.24) is 14.9 Å². The summed E-state index contributed by atoms with van der Waals surface area (Å²) >= 11 is 0. The van der Waals surface area contributed by atoms with Gasteiger partial charge in [-0.2, -0.15) is 13.2 Å². The second-order valence-electron chi connectivity index (χ2n) is 10.5. The number of nitrogens with one attached hydrogen (secondary N) is 1. The number of anilines is 1. The molecule has 2 atom stereocenters. The van der Waals surface area contributed by atoms with Crippen LogP contribution in [-0.4, -0.2) is 74.7 Å². The first-order valence-electron chi connectivity index (χ1n) is 13.3. The Morgan fingerprint density at radius 3 is 2.51 bits per heavy atom. The molecular formula is C27H32F3N5O6. The molecule has 0 radical (unpaired) electrons. The number of aliphatic carboxylic acids is 1. The maximum atomic E-state index is 14.1. The Hall–Kier alpha value is -3.78. The van der Waals surface area contributed by atoms with Gasteiger partial charge in [0.2, 0.25) is 11.8 Å². The first-order valence-corrected chi connectivity index (χ1v) is 13.3. The molecule has 14 heteroatoms. The Labute approximate surface area is 233 Å². The molecule has 1 aromatic carbocycles. The average Bonchev–Trinajstić information content (AvgIpc) is 2.90. The van der Waals surface area contributed by atoms with Gasteiger partial charge in [0.15, 0.2) is 0 Å². The molecule has 0 bridgehead atoms. The summed E-state index contributed by atoms with van der Waals surface area (Å²) in [6.45, 7) is 0.572. The molecule has 1 aliphatic heterocycles. The number of benzene rings is 1. The van der Waals surface area contributed by atoms with Gasteiger partial charge in [0, 0.05) is 24.7 Å². The largest absolute Gasteiger partial charge is 0.492 e. The zero-order chi connectivity index (χ0) is 29.9. The zero-order valence-corrected chi connectivity index (χ0v) is 22.4. The standard InChI is InChI=1S/C27H32F3N5O6/c1-16(31)23(38)33-22-20-8-7-17(13-18(20)9-11-32-22)14-34(15-21(36)37)24(39)26(19-5-3-2-4-6-19)10-12-35(26)41-25(40)27(28,29)30/h7-9,11,13,16,19H,2-6,10,12,14-15,31H2,1H3,(H,36,37)(H,32,33,38)/t16-,26?/m0/s1. The molecule has 1 saturated carbocycles. The van der Waals surface area contributed by atoms with Crippen LogP contribution < -0.4 is 11.1 Å². The summed E-state index contributed by atoms with van der Waals surface area (Å²) in [6.07, 6.45) is -0.178. The molecule has 2 amide bonds. The van der Waals surface area contributed by atoms with Crippen LogP contribution in [-0.2, 0) is 30.6 Å². The van der Waals surface area contributed by atoms with Gasteiger partial charge in [-0.3, -0.25) is 14.4 Å². The van der Waals surface area contributed by atoms with Crippen molar-refractivity contribution in [1.29, 1.82) is 0 Å². The van der Waals surface area contributed by atoms with Crippen molar-refractivity contribution in [2.75, 3.05) is 18.4 Å². The summed E-state index contributed by atoms with van der Waals surface area (Å²) in [7, 11) is 0. The summed E-state index contributed by atoms with van der Waals surface area (Å²) in [4.78, 5) is 59.7. The Bertz CT molecular complexity index is 1330. The molecule has 1 aromatic heterocycles. The van der Waals surface area contributed by atoms with E-state index in [-0.39, 0.29) is 25.3 Å². The van der Waals surface area contributed by atoms with Crippen LogP contribution in [0.2, 0.25) is 0 Å². The highest BCUT2D eigenvalue weighted by atomic mass is 19.4. The smallest absolute Gasteiger partial charge is 0.480 e. The van der Waals surface area contributed by atoms with Gasteiger partial charge >= 0.3 is 18.1 Å². The lowest BCUT2D eigenvalue weighted by atomic mass is 9.68. The molecule has 11 nitrogen and oxygen atoms in total. The number of rotatable bonds is 9. The highest BCUT2D eigenvalue weighted by molar-refractivity contribution is 6.02. The third-order valence-corrected chi connectivity index (χ3v) is 7.69. The number of amides is 2. The van der Waals surface area contributed by atoms with Crippen LogP contribution in [0.5, 0.6) is 0 Å². The number of nitrogens with two attached hydrogens (primary N) is 1. The van der Waals surface area contributed by atoms with Gasteiger partial charge in [0.25, 0.3) is 0 Å². The molecule has 1 unspecified atom stereocenters. The normalized spacial score (nSPS) is 20.6. The van der Waals surface area contributed by atoms with Crippen LogP contribution in [0.25, 0.3) is 10.8 Å². The fraction of sp³-hybridized carbons (Fsp3) is 0.519. The lowest BCUT2D eigenvalue weighted by molar-refractivity contribution is -0.294. The second kappa shape index (κ2) is 12.0. The minimum atomic E-state index is -5.25. The number of halogens is 3. The summed E-state index contributed by atoms with van der Waals surface area (Å²) in [5, 5.41) is 14.3. The Kier molecular flexibility index (Phi) is 8.83. The Balaban J connectivity index is 1.65. The van der Waals surface area contributed by atoms with Crippen molar-refractivity contribution >= 4 is 40.3 Å². The molecule has 4 rings (SSSR count). The van der Waals surface area contributed by atoms with E-state index >= 15 is 0 Å². The van der Waals surface area contributed by atoms with Crippen LogP contribution in [0.15, 0.2) is 30.5 Å². The highest BCUT2D eigenvalue weighted by Crippen LogP contribution is 2.46. The van der Waals surface area contributed by atoms with Gasteiger partial charge in [0.05, 0.1) is 6.04 Å². The fourth-order valence-corrected chi connectivity index (χ4v) is 5.61. The van der Waals surface area contributed by atoms with Crippen molar-refractivity contribution < 1.29 is 42.3 Å². The van der Waals surface area contributed by atoms with Crippen molar-refractivity contribution in [3.05, 3.63) is 36.0 Å². The maximum Gasteiger partial charge on any atom is 0.492 e. The molecule has 2 fully saturated rings. The number of carboxylic acids is 1. The van der Waals surface area contributed by atoms with E-state index in [1.165, 1.54) is 13.1 Å². The number of hydrogen-bond donors (Lipinski definition) is 3. The maximum absolute atomic E-state index is 14.1. The number of aromatic nitrogens is 1. The van der Waals surface area contributed by atoms with Gasteiger partial charge < -0.3 is 25.9 Å². The molecule has 222 valence electrons. The molecule has 1 saturated heterocycles. The summed E-state index contributed by atoms with van der Waals surface area (Å²) in [5.74, 6) is -4.99. The van der Waals surface area contributed by atoms with Gasteiger partial charge in [-0.25, -0.2) is 9.78 Å². The molecule has 4 N–H and O–H groups in total. The average molecular weight is 580 g/mol. The summed E-state index contributed by atoms with van der Waals surface area (Å²) in [5.41, 5.74) is 4.58. The Morgan fingerprint density at radius 2 is 1.93 bits per heavy atom. The number of hydroxylamine groups is 2. The van der Waals surface area contributed by atoms with E-state index in [2.05, 4.69) is 15.1 Å².